The van der Waals surface area contributed by atoms with E-state index in [4.69, 9.17) is 4.74 Å². The summed E-state index contributed by atoms with van der Waals surface area (Å²) in [5, 5.41) is 3.16. The van der Waals surface area contributed by atoms with E-state index in [0.29, 0.717) is 0 Å². The molecule has 0 amide bonds. The smallest absolute Gasteiger partial charge is 0.0952 e. The van der Waals surface area contributed by atoms with Crippen LogP contribution in [0, 0.1) is 0 Å². The van der Waals surface area contributed by atoms with Gasteiger partial charge in [-0.3, -0.25) is 0 Å². The first kappa shape index (κ1) is 10.1. The van der Waals surface area contributed by atoms with Crippen molar-refractivity contribution in [2.75, 3.05) is 20.2 Å². The third-order valence-electron chi connectivity index (χ3n) is 2.56. The average Bonchev–Trinajstić information content (AvgIpc) is 2.20. The number of halogens is 1. The van der Waals surface area contributed by atoms with Gasteiger partial charge in [-0.05, 0) is 30.7 Å². The lowest BCUT2D eigenvalue weighted by molar-refractivity contribution is 0.0436. The highest BCUT2D eigenvalue weighted by atomic mass is 79.9. The van der Waals surface area contributed by atoms with E-state index < -0.39 is 0 Å². The molecular formula is C11H14BrNO. The minimum absolute atomic E-state index is 0.209. The van der Waals surface area contributed by atoms with Crippen molar-refractivity contribution in [2.45, 2.75) is 12.5 Å². The summed E-state index contributed by atoms with van der Waals surface area (Å²) in [5.41, 5.74) is 2.72. The molecule has 1 N–H and O–H groups in total. The van der Waals surface area contributed by atoms with E-state index in [1.807, 2.05) is 7.05 Å². The third kappa shape index (κ3) is 1.85. The molecule has 1 aromatic carbocycles. The van der Waals surface area contributed by atoms with Crippen molar-refractivity contribution in [2.24, 2.45) is 0 Å². The molecular weight excluding hydrogens is 242 g/mol. The molecule has 0 radical (unpaired) electrons. The molecule has 3 heteroatoms. The normalized spacial score (nSPS) is 20.6. The van der Waals surface area contributed by atoms with Crippen molar-refractivity contribution >= 4 is 15.9 Å². The Morgan fingerprint density at radius 1 is 1.57 bits per heavy atom. The Kier molecular flexibility index (Phi) is 3.21. The number of nitrogens with one attached hydrogen (secondary N) is 1. The predicted molar refractivity (Wildman–Crippen MR) is 60.5 cm³/mol. The second-order valence-electron chi connectivity index (χ2n) is 3.47. The van der Waals surface area contributed by atoms with Gasteiger partial charge in [-0.1, -0.05) is 28.1 Å². The van der Waals surface area contributed by atoms with Gasteiger partial charge in [0, 0.05) is 11.0 Å². The minimum atomic E-state index is 0.209. The number of rotatable bonds is 2. The summed E-state index contributed by atoms with van der Waals surface area (Å²) < 4.78 is 6.92. The van der Waals surface area contributed by atoms with Crippen molar-refractivity contribution in [1.82, 2.24) is 5.32 Å². The van der Waals surface area contributed by atoms with Gasteiger partial charge in [0.25, 0.3) is 0 Å². The number of fused-ring (bicyclic) bond motifs is 1. The lowest BCUT2D eigenvalue weighted by atomic mass is 9.97. The number of likely N-dealkylation sites (N-methyl/N-ethyl adjacent to an activating group) is 1. The van der Waals surface area contributed by atoms with Crippen LogP contribution in [-0.2, 0) is 11.2 Å². The Morgan fingerprint density at radius 2 is 2.43 bits per heavy atom. The minimum Gasteiger partial charge on any atom is -0.372 e. The van der Waals surface area contributed by atoms with E-state index in [-0.39, 0.29) is 6.10 Å². The van der Waals surface area contributed by atoms with Crippen LogP contribution >= 0.6 is 15.9 Å². The van der Waals surface area contributed by atoms with Gasteiger partial charge in [-0.15, -0.1) is 0 Å². The Balaban J connectivity index is 2.34. The molecule has 1 aliphatic heterocycles. The van der Waals surface area contributed by atoms with Gasteiger partial charge in [-0.2, -0.15) is 0 Å². The number of ether oxygens (including phenoxy) is 1. The van der Waals surface area contributed by atoms with Crippen LogP contribution in [0.5, 0.6) is 0 Å². The fraction of sp³-hybridized carbons (Fsp3) is 0.455. The Bertz CT molecular complexity index is 327. The van der Waals surface area contributed by atoms with Crippen LogP contribution in [0.15, 0.2) is 22.7 Å². The third-order valence-corrected chi connectivity index (χ3v) is 3.31. The second-order valence-corrected chi connectivity index (χ2v) is 4.33. The topological polar surface area (TPSA) is 21.3 Å². The zero-order valence-corrected chi connectivity index (χ0v) is 9.80. The largest absolute Gasteiger partial charge is 0.372 e. The quantitative estimate of drug-likeness (QED) is 0.876. The van der Waals surface area contributed by atoms with Gasteiger partial charge >= 0.3 is 0 Å². The predicted octanol–water partition coefficient (Wildman–Crippen LogP) is 2.28. The maximum absolute atomic E-state index is 5.72. The van der Waals surface area contributed by atoms with Gasteiger partial charge in [0.15, 0.2) is 0 Å². The van der Waals surface area contributed by atoms with Crippen LogP contribution in [0.3, 0.4) is 0 Å². The van der Waals surface area contributed by atoms with Crippen LogP contribution < -0.4 is 5.32 Å². The zero-order valence-electron chi connectivity index (χ0n) is 8.22. The van der Waals surface area contributed by atoms with Crippen molar-refractivity contribution < 1.29 is 4.74 Å². The van der Waals surface area contributed by atoms with Crippen LogP contribution in [-0.4, -0.2) is 20.2 Å². The highest BCUT2D eigenvalue weighted by Crippen LogP contribution is 2.31. The van der Waals surface area contributed by atoms with E-state index in [1.165, 1.54) is 15.6 Å². The number of benzene rings is 1. The Morgan fingerprint density at radius 3 is 3.21 bits per heavy atom. The molecule has 1 aliphatic rings. The molecule has 0 saturated carbocycles. The summed E-state index contributed by atoms with van der Waals surface area (Å²) in [5.74, 6) is 0. The maximum Gasteiger partial charge on any atom is 0.0952 e. The monoisotopic (exact) mass is 255 g/mol. The van der Waals surface area contributed by atoms with Gasteiger partial charge in [0.1, 0.15) is 0 Å². The molecule has 1 atom stereocenters. The van der Waals surface area contributed by atoms with E-state index in [1.54, 1.807) is 0 Å². The zero-order chi connectivity index (χ0) is 9.97. The lowest BCUT2D eigenvalue weighted by Crippen LogP contribution is -2.25. The molecule has 0 bridgehead atoms. The van der Waals surface area contributed by atoms with Crippen LogP contribution in [0.25, 0.3) is 0 Å². The number of hydrogen-bond donors (Lipinski definition) is 1. The van der Waals surface area contributed by atoms with E-state index in [9.17, 15) is 0 Å². The standard InChI is InChI=1S/C11H14BrNO/c1-13-7-11-9-3-2-4-10(12)8(9)5-6-14-11/h2-4,11,13H,5-7H2,1H3. The summed E-state index contributed by atoms with van der Waals surface area (Å²) in [4.78, 5) is 0. The highest BCUT2D eigenvalue weighted by Gasteiger charge is 2.21. The van der Waals surface area contributed by atoms with Crippen molar-refractivity contribution in [1.29, 1.82) is 0 Å². The molecule has 76 valence electrons. The number of hydrogen-bond acceptors (Lipinski definition) is 2. The average molecular weight is 256 g/mol. The van der Waals surface area contributed by atoms with Crippen molar-refractivity contribution in [3.05, 3.63) is 33.8 Å². The van der Waals surface area contributed by atoms with Crippen LogP contribution in [0.4, 0.5) is 0 Å². The fourth-order valence-electron chi connectivity index (χ4n) is 1.89. The molecule has 0 spiro atoms. The van der Waals surface area contributed by atoms with E-state index >= 15 is 0 Å². The molecule has 0 fully saturated rings. The fourth-order valence-corrected chi connectivity index (χ4v) is 2.47. The summed E-state index contributed by atoms with van der Waals surface area (Å²) in [6.07, 6.45) is 1.22. The summed E-state index contributed by atoms with van der Waals surface area (Å²) >= 11 is 3.58. The van der Waals surface area contributed by atoms with Crippen molar-refractivity contribution in [3.8, 4) is 0 Å². The first-order valence-corrected chi connectivity index (χ1v) is 5.65. The van der Waals surface area contributed by atoms with E-state index in [0.717, 1.165) is 19.6 Å². The van der Waals surface area contributed by atoms with Gasteiger partial charge in [0.05, 0.1) is 12.7 Å². The summed E-state index contributed by atoms with van der Waals surface area (Å²) in [6, 6.07) is 6.32. The Hall–Kier alpha value is -0.380. The first-order chi connectivity index (χ1) is 6.83. The highest BCUT2D eigenvalue weighted by molar-refractivity contribution is 9.10. The SMILES string of the molecule is CNCC1OCCc2c(Br)cccc21. The van der Waals surface area contributed by atoms with Gasteiger partial charge in [0.2, 0.25) is 0 Å². The van der Waals surface area contributed by atoms with Crippen LogP contribution in [0.1, 0.15) is 17.2 Å². The maximum atomic E-state index is 5.72. The Labute approximate surface area is 92.8 Å². The molecule has 0 aliphatic carbocycles. The molecule has 0 aromatic heterocycles. The summed E-state index contributed by atoms with van der Waals surface area (Å²) in [6.45, 7) is 1.70. The van der Waals surface area contributed by atoms with E-state index in [2.05, 4.69) is 39.4 Å². The molecule has 0 saturated heterocycles. The molecule has 1 aromatic rings. The summed E-state index contributed by atoms with van der Waals surface area (Å²) in [7, 11) is 1.95. The van der Waals surface area contributed by atoms with Crippen LogP contribution in [0.2, 0.25) is 0 Å². The molecule has 1 heterocycles. The molecule has 14 heavy (non-hydrogen) atoms. The lowest BCUT2D eigenvalue weighted by Gasteiger charge is -2.26. The molecule has 2 rings (SSSR count). The second kappa shape index (κ2) is 4.43. The molecule has 1 unspecified atom stereocenters. The first-order valence-electron chi connectivity index (χ1n) is 4.86. The van der Waals surface area contributed by atoms with Crippen molar-refractivity contribution in [3.63, 3.8) is 0 Å². The van der Waals surface area contributed by atoms with Gasteiger partial charge in [-0.25, -0.2) is 0 Å². The molecule has 2 nitrogen and oxygen atoms in total. The van der Waals surface area contributed by atoms with Gasteiger partial charge < -0.3 is 10.1 Å².